The lowest BCUT2D eigenvalue weighted by atomic mass is 9.88. The second kappa shape index (κ2) is 10.2. The SMILES string of the molecule is N#CN(CCc1cn(CC2c3ccccc3CCc3ccccc32)cn1)/C(N)=N/c1ccncc1. The molecule has 1 aliphatic carbocycles. The number of nitrogens with two attached hydrogens (primary N) is 1. The lowest BCUT2D eigenvalue weighted by molar-refractivity contribution is 0.564. The molecule has 7 heteroatoms. The van der Waals surface area contributed by atoms with Gasteiger partial charge in [-0.15, -0.1) is 0 Å². The van der Waals surface area contributed by atoms with Crippen LogP contribution in [-0.4, -0.2) is 31.9 Å². The number of imidazole rings is 1. The van der Waals surface area contributed by atoms with Gasteiger partial charge in [-0.05, 0) is 47.2 Å². The largest absolute Gasteiger partial charge is 0.369 e. The number of aliphatic imine (C=N–C) groups is 1. The number of nitrogens with zero attached hydrogens (tertiary/aromatic N) is 6. The van der Waals surface area contributed by atoms with Crippen molar-refractivity contribution < 1.29 is 0 Å². The fourth-order valence-electron chi connectivity index (χ4n) is 4.74. The van der Waals surface area contributed by atoms with Crippen molar-refractivity contribution in [3.8, 4) is 6.19 Å². The van der Waals surface area contributed by atoms with E-state index in [-0.39, 0.29) is 11.9 Å². The van der Waals surface area contributed by atoms with E-state index in [1.165, 1.54) is 27.2 Å². The number of fused-ring (bicyclic) bond motifs is 2. The molecule has 35 heavy (non-hydrogen) atoms. The fourth-order valence-corrected chi connectivity index (χ4v) is 4.74. The summed E-state index contributed by atoms with van der Waals surface area (Å²) in [6.07, 6.45) is 12.1. The van der Waals surface area contributed by atoms with Crippen LogP contribution in [0.5, 0.6) is 0 Å². The Morgan fingerprint density at radius 1 is 1.03 bits per heavy atom. The standard InChI is InChI=1S/C28H27N7/c29-19-35(28(30)33-23-11-14-31-15-12-23)16-13-24-17-34(20-32-24)18-27-25-7-3-1-5-21(25)9-10-22-6-2-4-8-26(22)27/h1-8,11-12,14-15,17,20,27H,9-10,13,16,18H2,(H2,30,31,33). The third kappa shape index (κ3) is 5.07. The number of aryl methyl sites for hydroxylation is 2. The van der Waals surface area contributed by atoms with Gasteiger partial charge in [0.25, 0.3) is 0 Å². The molecule has 0 saturated heterocycles. The van der Waals surface area contributed by atoms with Crippen molar-refractivity contribution in [3.05, 3.63) is 114 Å². The molecule has 2 N–H and O–H groups in total. The van der Waals surface area contributed by atoms with Crippen molar-refractivity contribution in [2.24, 2.45) is 10.7 Å². The molecule has 0 fully saturated rings. The Kier molecular flexibility index (Phi) is 6.53. The van der Waals surface area contributed by atoms with Gasteiger partial charge >= 0.3 is 0 Å². The summed E-state index contributed by atoms with van der Waals surface area (Å²) in [6.45, 7) is 1.22. The molecule has 0 radical (unpaired) electrons. The molecule has 2 aromatic heterocycles. The quantitative estimate of drug-likeness (QED) is 0.201. The Labute approximate surface area is 205 Å². The highest BCUT2D eigenvalue weighted by molar-refractivity contribution is 5.82. The third-order valence-electron chi connectivity index (χ3n) is 6.50. The minimum Gasteiger partial charge on any atom is -0.369 e. The lowest BCUT2D eigenvalue weighted by Crippen LogP contribution is -2.34. The molecule has 0 bridgehead atoms. The van der Waals surface area contributed by atoms with Crippen molar-refractivity contribution in [1.29, 1.82) is 5.26 Å². The molecule has 174 valence electrons. The number of nitriles is 1. The number of hydrogen-bond acceptors (Lipinski definition) is 4. The maximum absolute atomic E-state index is 9.56. The van der Waals surface area contributed by atoms with Crippen LogP contribution in [0.25, 0.3) is 0 Å². The van der Waals surface area contributed by atoms with E-state index in [4.69, 9.17) is 5.73 Å². The van der Waals surface area contributed by atoms with Crippen LogP contribution in [0.2, 0.25) is 0 Å². The van der Waals surface area contributed by atoms with Crippen LogP contribution >= 0.6 is 0 Å². The number of benzene rings is 2. The molecule has 2 aromatic carbocycles. The van der Waals surface area contributed by atoms with Crippen LogP contribution in [0, 0.1) is 11.5 Å². The van der Waals surface area contributed by atoms with Gasteiger partial charge in [0.2, 0.25) is 5.96 Å². The summed E-state index contributed by atoms with van der Waals surface area (Å²) >= 11 is 0. The van der Waals surface area contributed by atoms with E-state index in [1.54, 1.807) is 24.5 Å². The van der Waals surface area contributed by atoms with E-state index >= 15 is 0 Å². The van der Waals surface area contributed by atoms with Crippen molar-refractivity contribution >= 4 is 11.6 Å². The summed E-state index contributed by atoms with van der Waals surface area (Å²) in [7, 11) is 0. The summed E-state index contributed by atoms with van der Waals surface area (Å²) < 4.78 is 2.16. The minimum absolute atomic E-state index is 0.157. The molecule has 1 aliphatic rings. The topological polar surface area (TPSA) is 96.1 Å². The normalized spacial score (nSPS) is 13.4. The van der Waals surface area contributed by atoms with Gasteiger partial charge in [0, 0.05) is 44.0 Å². The van der Waals surface area contributed by atoms with Gasteiger partial charge in [-0.3, -0.25) is 4.98 Å². The van der Waals surface area contributed by atoms with Gasteiger partial charge in [0.1, 0.15) is 0 Å². The highest BCUT2D eigenvalue weighted by Crippen LogP contribution is 2.35. The zero-order chi connectivity index (χ0) is 24.0. The first-order chi connectivity index (χ1) is 17.2. The van der Waals surface area contributed by atoms with Crippen molar-refractivity contribution in [3.63, 3.8) is 0 Å². The molecular weight excluding hydrogens is 434 g/mol. The Balaban J connectivity index is 1.31. The molecule has 5 rings (SSSR count). The number of hydrogen-bond donors (Lipinski definition) is 1. The maximum Gasteiger partial charge on any atom is 0.209 e. The van der Waals surface area contributed by atoms with Gasteiger partial charge in [-0.1, -0.05) is 48.5 Å². The minimum atomic E-state index is 0.157. The van der Waals surface area contributed by atoms with Gasteiger partial charge in [-0.2, -0.15) is 5.26 Å². The molecule has 0 atom stereocenters. The lowest BCUT2D eigenvalue weighted by Gasteiger charge is -2.21. The predicted octanol–water partition coefficient (Wildman–Crippen LogP) is 4.18. The number of pyridine rings is 1. The monoisotopic (exact) mass is 461 g/mol. The van der Waals surface area contributed by atoms with Crippen LogP contribution in [0.3, 0.4) is 0 Å². The van der Waals surface area contributed by atoms with E-state index in [1.807, 2.05) is 6.33 Å². The summed E-state index contributed by atoms with van der Waals surface area (Å²) in [4.78, 5) is 14.3. The van der Waals surface area contributed by atoms with E-state index in [2.05, 4.69) is 80.4 Å². The average Bonchev–Trinajstić information content (AvgIpc) is 3.28. The predicted molar refractivity (Wildman–Crippen MR) is 136 cm³/mol. The smallest absolute Gasteiger partial charge is 0.209 e. The van der Waals surface area contributed by atoms with Gasteiger partial charge in [0.15, 0.2) is 6.19 Å². The second-order valence-electron chi connectivity index (χ2n) is 8.69. The molecule has 0 amide bonds. The van der Waals surface area contributed by atoms with E-state index in [0.717, 1.165) is 25.1 Å². The first-order valence-electron chi connectivity index (χ1n) is 11.8. The van der Waals surface area contributed by atoms with Crippen LogP contribution in [0.4, 0.5) is 5.69 Å². The molecule has 0 saturated carbocycles. The van der Waals surface area contributed by atoms with Gasteiger partial charge in [0.05, 0.1) is 17.7 Å². The van der Waals surface area contributed by atoms with Crippen molar-refractivity contribution in [2.45, 2.75) is 31.7 Å². The van der Waals surface area contributed by atoms with Crippen LogP contribution in [0.1, 0.15) is 33.9 Å². The number of rotatable bonds is 6. The molecule has 0 spiro atoms. The van der Waals surface area contributed by atoms with E-state index in [0.29, 0.717) is 18.7 Å². The average molecular weight is 462 g/mol. The number of guanidine groups is 1. The highest BCUT2D eigenvalue weighted by Gasteiger charge is 2.23. The van der Waals surface area contributed by atoms with E-state index < -0.39 is 0 Å². The first-order valence-corrected chi connectivity index (χ1v) is 11.8. The Morgan fingerprint density at radius 2 is 1.69 bits per heavy atom. The number of aromatic nitrogens is 3. The fraction of sp³-hybridized carbons (Fsp3) is 0.214. The molecule has 0 unspecified atom stereocenters. The first kappa shape index (κ1) is 22.4. The summed E-state index contributed by atoms with van der Waals surface area (Å²) in [5, 5.41) is 9.56. The van der Waals surface area contributed by atoms with Crippen LogP contribution < -0.4 is 5.73 Å². The van der Waals surface area contributed by atoms with E-state index in [9.17, 15) is 5.26 Å². The Bertz CT molecular complexity index is 1320. The zero-order valence-corrected chi connectivity index (χ0v) is 19.5. The third-order valence-corrected chi connectivity index (χ3v) is 6.50. The summed E-state index contributed by atoms with van der Waals surface area (Å²) in [5.74, 6) is 0.426. The highest BCUT2D eigenvalue weighted by atomic mass is 15.2. The molecule has 2 heterocycles. The summed E-state index contributed by atoms with van der Waals surface area (Å²) in [5.41, 5.74) is 13.3. The Hall–Kier alpha value is -4.44. The second-order valence-corrected chi connectivity index (χ2v) is 8.69. The van der Waals surface area contributed by atoms with Crippen molar-refractivity contribution in [2.75, 3.05) is 6.54 Å². The van der Waals surface area contributed by atoms with Crippen LogP contribution in [0.15, 0.2) is 90.6 Å². The van der Waals surface area contributed by atoms with Gasteiger partial charge in [-0.25, -0.2) is 14.9 Å². The zero-order valence-electron chi connectivity index (χ0n) is 19.5. The molecular formula is C28H27N7. The van der Waals surface area contributed by atoms with Crippen molar-refractivity contribution in [1.82, 2.24) is 19.4 Å². The Morgan fingerprint density at radius 3 is 2.34 bits per heavy atom. The molecule has 7 nitrogen and oxygen atoms in total. The van der Waals surface area contributed by atoms with Crippen LogP contribution in [-0.2, 0) is 25.8 Å². The maximum atomic E-state index is 9.56. The van der Waals surface area contributed by atoms with Gasteiger partial charge < -0.3 is 10.3 Å². The summed E-state index contributed by atoms with van der Waals surface area (Å²) in [6, 6.07) is 21.0. The molecule has 0 aliphatic heterocycles. The molecule has 4 aromatic rings.